The highest BCUT2D eigenvalue weighted by Crippen LogP contribution is 2.40. The van der Waals surface area contributed by atoms with Crippen LogP contribution in [0.4, 0.5) is 0 Å². The fraction of sp³-hybridized carbons (Fsp3) is 1.00. The van der Waals surface area contributed by atoms with Crippen LogP contribution in [0.5, 0.6) is 0 Å². The zero-order valence-corrected chi connectivity index (χ0v) is 9.27. The summed E-state index contributed by atoms with van der Waals surface area (Å²) in [6.45, 7) is 6.89. The molecule has 1 atom stereocenters. The first-order valence-corrected chi connectivity index (χ1v) is 5.56. The van der Waals surface area contributed by atoms with Crippen molar-refractivity contribution in [3.63, 3.8) is 0 Å². The SMILES string of the molecule is CC(C)C(NN)C1(C)CCCCC1. The van der Waals surface area contributed by atoms with Crippen molar-refractivity contribution in [2.24, 2.45) is 17.2 Å². The minimum absolute atomic E-state index is 0.432. The molecule has 1 saturated carbocycles. The lowest BCUT2D eigenvalue weighted by atomic mass is 9.68. The summed E-state index contributed by atoms with van der Waals surface area (Å²) in [5.74, 6) is 6.27. The Morgan fingerprint density at radius 3 is 2.08 bits per heavy atom. The monoisotopic (exact) mass is 184 g/mol. The Morgan fingerprint density at radius 2 is 1.69 bits per heavy atom. The fourth-order valence-electron chi connectivity index (χ4n) is 2.87. The summed E-state index contributed by atoms with van der Waals surface area (Å²) in [5.41, 5.74) is 3.44. The van der Waals surface area contributed by atoms with Crippen LogP contribution in [0.1, 0.15) is 52.9 Å². The van der Waals surface area contributed by atoms with Gasteiger partial charge in [-0.3, -0.25) is 11.3 Å². The topological polar surface area (TPSA) is 38.0 Å². The van der Waals surface area contributed by atoms with Crippen LogP contribution in [0.25, 0.3) is 0 Å². The second-order valence-electron chi connectivity index (χ2n) is 5.10. The van der Waals surface area contributed by atoms with Gasteiger partial charge in [0.2, 0.25) is 0 Å². The van der Waals surface area contributed by atoms with Gasteiger partial charge < -0.3 is 0 Å². The van der Waals surface area contributed by atoms with E-state index in [1.54, 1.807) is 0 Å². The predicted molar refractivity (Wildman–Crippen MR) is 57.1 cm³/mol. The van der Waals surface area contributed by atoms with Gasteiger partial charge >= 0.3 is 0 Å². The quantitative estimate of drug-likeness (QED) is 0.522. The van der Waals surface area contributed by atoms with Gasteiger partial charge in [0.25, 0.3) is 0 Å². The van der Waals surface area contributed by atoms with Crippen LogP contribution >= 0.6 is 0 Å². The van der Waals surface area contributed by atoms with E-state index in [0.717, 1.165) is 0 Å². The maximum Gasteiger partial charge on any atom is 0.0287 e. The van der Waals surface area contributed by atoms with E-state index < -0.39 is 0 Å². The van der Waals surface area contributed by atoms with Gasteiger partial charge in [0.1, 0.15) is 0 Å². The Labute approximate surface area is 82.2 Å². The van der Waals surface area contributed by atoms with E-state index >= 15 is 0 Å². The lowest BCUT2D eigenvalue weighted by Crippen LogP contribution is -2.51. The third-order valence-electron chi connectivity index (χ3n) is 3.59. The molecule has 0 aromatic rings. The number of rotatable bonds is 3. The molecule has 1 aliphatic carbocycles. The molecule has 0 heterocycles. The van der Waals surface area contributed by atoms with E-state index in [-0.39, 0.29) is 0 Å². The molecule has 0 aromatic heterocycles. The molecule has 0 spiro atoms. The molecular weight excluding hydrogens is 160 g/mol. The van der Waals surface area contributed by atoms with E-state index in [1.165, 1.54) is 32.1 Å². The van der Waals surface area contributed by atoms with Crippen LogP contribution in [-0.2, 0) is 0 Å². The summed E-state index contributed by atoms with van der Waals surface area (Å²) >= 11 is 0. The van der Waals surface area contributed by atoms with Crippen molar-refractivity contribution >= 4 is 0 Å². The maximum atomic E-state index is 5.64. The second-order valence-corrected chi connectivity index (χ2v) is 5.10. The van der Waals surface area contributed by atoms with Crippen molar-refractivity contribution in [3.05, 3.63) is 0 Å². The van der Waals surface area contributed by atoms with E-state index in [4.69, 9.17) is 5.84 Å². The minimum Gasteiger partial charge on any atom is -0.271 e. The van der Waals surface area contributed by atoms with E-state index in [0.29, 0.717) is 17.4 Å². The lowest BCUT2D eigenvalue weighted by molar-refractivity contribution is 0.114. The first-order chi connectivity index (χ1) is 6.10. The third kappa shape index (κ3) is 2.44. The van der Waals surface area contributed by atoms with Crippen molar-refractivity contribution in [1.29, 1.82) is 0 Å². The minimum atomic E-state index is 0.432. The zero-order valence-electron chi connectivity index (χ0n) is 9.27. The van der Waals surface area contributed by atoms with Crippen molar-refractivity contribution in [2.45, 2.75) is 58.9 Å². The maximum absolute atomic E-state index is 5.64. The highest BCUT2D eigenvalue weighted by molar-refractivity contribution is 4.90. The molecule has 78 valence electrons. The van der Waals surface area contributed by atoms with Crippen molar-refractivity contribution in [2.75, 3.05) is 0 Å². The lowest BCUT2D eigenvalue weighted by Gasteiger charge is -2.42. The first kappa shape index (κ1) is 11.0. The van der Waals surface area contributed by atoms with Crippen molar-refractivity contribution in [1.82, 2.24) is 5.43 Å². The molecule has 13 heavy (non-hydrogen) atoms. The van der Waals surface area contributed by atoms with Gasteiger partial charge in [-0.1, -0.05) is 40.0 Å². The van der Waals surface area contributed by atoms with Crippen LogP contribution in [0.3, 0.4) is 0 Å². The van der Waals surface area contributed by atoms with Crippen molar-refractivity contribution < 1.29 is 0 Å². The van der Waals surface area contributed by atoms with E-state index in [9.17, 15) is 0 Å². The third-order valence-corrected chi connectivity index (χ3v) is 3.59. The predicted octanol–water partition coefficient (Wildman–Crippen LogP) is 2.44. The van der Waals surface area contributed by atoms with Gasteiger partial charge in [0.15, 0.2) is 0 Å². The van der Waals surface area contributed by atoms with Gasteiger partial charge in [-0.05, 0) is 24.2 Å². The van der Waals surface area contributed by atoms with Gasteiger partial charge in [-0.15, -0.1) is 0 Å². The second kappa shape index (κ2) is 4.43. The molecule has 3 N–H and O–H groups in total. The Bertz CT molecular complexity index is 148. The molecule has 1 fully saturated rings. The summed E-state index contributed by atoms with van der Waals surface area (Å²) in [6.07, 6.45) is 6.83. The Balaban J connectivity index is 2.63. The summed E-state index contributed by atoms with van der Waals surface area (Å²) < 4.78 is 0. The number of hydrazine groups is 1. The van der Waals surface area contributed by atoms with Crippen LogP contribution < -0.4 is 11.3 Å². The summed E-state index contributed by atoms with van der Waals surface area (Å²) in [7, 11) is 0. The van der Waals surface area contributed by atoms with E-state index in [1.807, 2.05) is 0 Å². The average molecular weight is 184 g/mol. The highest BCUT2D eigenvalue weighted by atomic mass is 15.2. The number of nitrogens with one attached hydrogen (secondary N) is 1. The van der Waals surface area contributed by atoms with Gasteiger partial charge in [0, 0.05) is 6.04 Å². The molecule has 0 saturated heterocycles. The zero-order chi connectivity index (χ0) is 9.90. The molecule has 0 aromatic carbocycles. The highest BCUT2D eigenvalue weighted by Gasteiger charge is 2.36. The van der Waals surface area contributed by atoms with Crippen LogP contribution in [0, 0.1) is 11.3 Å². The first-order valence-electron chi connectivity index (χ1n) is 5.56. The standard InChI is InChI=1S/C11H24N2/c1-9(2)10(13-12)11(3)7-5-4-6-8-11/h9-10,13H,4-8,12H2,1-3H3. The molecule has 0 radical (unpaired) electrons. The molecule has 0 amide bonds. The van der Waals surface area contributed by atoms with Crippen LogP contribution in [0.2, 0.25) is 0 Å². The van der Waals surface area contributed by atoms with Crippen molar-refractivity contribution in [3.8, 4) is 0 Å². The molecule has 1 rings (SSSR count). The molecule has 0 aliphatic heterocycles. The molecule has 1 unspecified atom stereocenters. The molecule has 0 bridgehead atoms. The number of nitrogens with two attached hydrogens (primary N) is 1. The average Bonchev–Trinajstić information content (AvgIpc) is 2.05. The fourth-order valence-corrected chi connectivity index (χ4v) is 2.87. The summed E-state index contributed by atoms with van der Waals surface area (Å²) in [5, 5.41) is 0. The Kier molecular flexibility index (Phi) is 3.74. The van der Waals surface area contributed by atoms with E-state index in [2.05, 4.69) is 26.2 Å². The molecule has 2 heteroatoms. The number of hydrogen-bond donors (Lipinski definition) is 2. The largest absolute Gasteiger partial charge is 0.271 e. The number of hydrogen-bond acceptors (Lipinski definition) is 2. The normalized spacial score (nSPS) is 24.7. The summed E-state index contributed by atoms with van der Waals surface area (Å²) in [4.78, 5) is 0. The summed E-state index contributed by atoms with van der Waals surface area (Å²) in [6, 6.07) is 0.479. The van der Waals surface area contributed by atoms with Crippen LogP contribution in [-0.4, -0.2) is 6.04 Å². The van der Waals surface area contributed by atoms with Crippen LogP contribution in [0.15, 0.2) is 0 Å². The molecule has 1 aliphatic rings. The molecular formula is C11H24N2. The van der Waals surface area contributed by atoms with Gasteiger partial charge in [-0.25, -0.2) is 0 Å². The molecule has 2 nitrogen and oxygen atoms in total. The Morgan fingerprint density at radius 1 is 1.15 bits per heavy atom. The Hall–Kier alpha value is -0.0800. The van der Waals surface area contributed by atoms with Gasteiger partial charge in [0.05, 0.1) is 0 Å². The smallest absolute Gasteiger partial charge is 0.0287 e. The van der Waals surface area contributed by atoms with Gasteiger partial charge in [-0.2, -0.15) is 0 Å².